The lowest BCUT2D eigenvalue weighted by molar-refractivity contribution is -0.271. The average Bonchev–Trinajstić information content (AvgIpc) is 3.73. The van der Waals surface area contributed by atoms with Gasteiger partial charge < -0.3 is 58.0 Å². The van der Waals surface area contributed by atoms with Gasteiger partial charge in [0.05, 0.1) is 9.79 Å². The van der Waals surface area contributed by atoms with E-state index in [1.165, 1.54) is 0 Å². The number of benzene rings is 2. The topological polar surface area (TPSA) is 389 Å². The Labute approximate surface area is 435 Å². The number of amides is 2. The van der Waals surface area contributed by atoms with Crippen LogP contribution in [0.2, 0.25) is 0 Å². The molecule has 77 heavy (non-hydrogen) atoms. The SMILES string of the molecule is CC(=O)OC[C@H]1O[C@@H](OC(C)=O)[C@H](NC(=O)C2C(=O)c3ccc(S(=O)(=O)c4ccc5c(c4)C(=O)C(C(=O)N[C@H]4[C@H](OC(C)=O)O[C@H](COC(C)=O)[C@@H](OC(C)=O)[C@@H]4OC(C)=O)C5=O)cc3C2=O)[C@@H](OC(C)=O)[C@@H]1OC(C)=O. The molecule has 2 heterocycles. The predicted molar refractivity (Wildman–Crippen MR) is 243 cm³/mol. The quantitative estimate of drug-likeness (QED) is 0.115. The van der Waals surface area contributed by atoms with Gasteiger partial charge in [-0.15, -0.1) is 0 Å². The molecule has 0 saturated carbocycles. The van der Waals surface area contributed by atoms with Gasteiger partial charge in [0.25, 0.3) is 0 Å². The van der Waals surface area contributed by atoms with E-state index in [4.69, 9.17) is 47.4 Å². The minimum absolute atomic E-state index is 0.431. The van der Waals surface area contributed by atoms with Gasteiger partial charge in [0.2, 0.25) is 34.2 Å². The number of esters is 8. The first-order valence-electron chi connectivity index (χ1n) is 22.9. The molecular weight excluding hydrogens is 1050 g/mol. The van der Waals surface area contributed by atoms with Crippen LogP contribution in [-0.2, 0) is 105 Å². The van der Waals surface area contributed by atoms with Gasteiger partial charge in [-0.25, -0.2) is 8.42 Å². The number of ketones is 4. The second-order valence-electron chi connectivity index (χ2n) is 17.5. The molecule has 2 saturated heterocycles. The summed E-state index contributed by atoms with van der Waals surface area (Å²) in [5.74, 6) is -19.8. The fourth-order valence-electron chi connectivity index (χ4n) is 8.83. The van der Waals surface area contributed by atoms with Crippen molar-refractivity contribution in [2.24, 2.45) is 11.8 Å². The van der Waals surface area contributed by atoms with E-state index in [1.54, 1.807) is 0 Å². The van der Waals surface area contributed by atoms with Gasteiger partial charge in [0.15, 0.2) is 59.4 Å². The first-order valence-corrected chi connectivity index (χ1v) is 24.4. The third kappa shape index (κ3) is 12.7. The minimum Gasteiger partial charge on any atom is -0.463 e. The highest BCUT2D eigenvalue weighted by atomic mass is 32.2. The Morgan fingerprint density at radius 1 is 0.429 bits per heavy atom. The number of ether oxygens (including phenoxy) is 10. The lowest BCUT2D eigenvalue weighted by Crippen LogP contribution is -2.67. The number of fused-ring (bicyclic) bond motifs is 2. The highest BCUT2D eigenvalue weighted by Gasteiger charge is 2.56. The molecule has 29 heteroatoms. The fourth-order valence-corrected chi connectivity index (χ4v) is 10.1. The summed E-state index contributed by atoms with van der Waals surface area (Å²) in [6.07, 6.45) is -13.7. The maximum Gasteiger partial charge on any atom is 0.305 e. The van der Waals surface area contributed by atoms with Crippen LogP contribution in [0.4, 0.5) is 0 Å². The number of carbonyl (C=O) groups is 14. The molecule has 0 bridgehead atoms. The molecule has 2 fully saturated rings. The maximum atomic E-state index is 14.2. The van der Waals surface area contributed by atoms with Crippen molar-refractivity contribution in [3.05, 3.63) is 58.7 Å². The van der Waals surface area contributed by atoms with Crippen LogP contribution in [0.5, 0.6) is 0 Å². The maximum absolute atomic E-state index is 14.2. The summed E-state index contributed by atoms with van der Waals surface area (Å²) >= 11 is 0. The van der Waals surface area contributed by atoms with E-state index in [9.17, 15) is 75.5 Å². The van der Waals surface area contributed by atoms with E-state index in [-0.39, 0.29) is 0 Å². The van der Waals surface area contributed by atoms with E-state index >= 15 is 0 Å². The summed E-state index contributed by atoms with van der Waals surface area (Å²) in [7, 11) is -4.82. The fraction of sp³-hybridized carbons (Fsp3) is 0.458. The molecule has 2 aliphatic heterocycles. The van der Waals surface area contributed by atoms with Gasteiger partial charge in [-0.05, 0) is 36.4 Å². The van der Waals surface area contributed by atoms with Crippen molar-refractivity contribution in [1.82, 2.24) is 10.6 Å². The van der Waals surface area contributed by atoms with Crippen LogP contribution in [0.25, 0.3) is 0 Å². The van der Waals surface area contributed by atoms with Crippen LogP contribution in [-0.4, -0.2) is 166 Å². The molecule has 2 aromatic carbocycles. The smallest absolute Gasteiger partial charge is 0.305 e. The Kier molecular flexibility index (Phi) is 17.5. The highest BCUT2D eigenvalue weighted by molar-refractivity contribution is 7.91. The summed E-state index contributed by atoms with van der Waals surface area (Å²) in [5.41, 5.74) is -2.02. The van der Waals surface area contributed by atoms with E-state index in [0.29, 0.717) is 0 Å². The third-order valence-electron chi connectivity index (χ3n) is 11.8. The summed E-state index contributed by atoms with van der Waals surface area (Å²) in [4.78, 5) is 179. The number of hydrogen-bond acceptors (Lipinski definition) is 26. The van der Waals surface area contributed by atoms with Crippen LogP contribution in [0.3, 0.4) is 0 Å². The third-order valence-corrected chi connectivity index (χ3v) is 13.6. The van der Waals surface area contributed by atoms with Gasteiger partial charge in [-0.2, -0.15) is 0 Å². The molecule has 6 rings (SSSR count). The minimum atomic E-state index is -4.82. The molecular formula is C48H48N2O26S. The van der Waals surface area contributed by atoms with E-state index in [0.717, 1.165) is 91.8 Å². The van der Waals surface area contributed by atoms with Gasteiger partial charge >= 0.3 is 47.8 Å². The Morgan fingerprint density at radius 2 is 0.727 bits per heavy atom. The summed E-state index contributed by atoms with van der Waals surface area (Å²) in [6.45, 7) is 6.44. The summed E-state index contributed by atoms with van der Waals surface area (Å²) in [6, 6.07) is 1.54. The molecule has 0 spiro atoms. The molecule has 412 valence electrons. The molecule has 0 aromatic heterocycles. The molecule has 2 N–H and O–H groups in total. The lowest BCUT2D eigenvalue weighted by Gasteiger charge is -2.44. The van der Waals surface area contributed by atoms with Crippen LogP contribution < -0.4 is 10.6 Å². The first kappa shape index (κ1) is 58.0. The molecule has 0 radical (unpaired) electrons. The van der Waals surface area contributed by atoms with E-state index in [2.05, 4.69) is 10.6 Å². The molecule has 12 atom stereocenters. The highest BCUT2D eigenvalue weighted by Crippen LogP contribution is 2.36. The Balaban J connectivity index is 1.26. The zero-order valence-electron chi connectivity index (χ0n) is 41.8. The standard InChI is InChI=1S/C48H48N2O26S/c1-17(51)67-15-31-41(69-19(3)53)43(71-21(5)55)35(47(75-31)73-23(7)57)49-45(63)33-37(59)27-11-9-25(13-29(27)39(33)61)77(65,66)26-10-12-28-30(14-26)40(62)34(38(28)60)46(64)50-36-44(72-22(6)56)42(70-20(4)54)32(16-68-18(2)52)76-48(36)74-24(8)58/h9-14,31-36,41-44,47-48H,15-16H2,1-8H3,(H,49,63)(H,50,64)/t31-,32-,33?,34?,35-,36-,41-,42-,43-,44-,47-,48-/m1/s1. The number of sulfone groups is 1. The van der Waals surface area contributed by atoms with Crippen molar-refractivity contribution < 1.29 is 123 Å². The number of carbonyl (C=O) groups excluding carboxylic acids is 14. The molecule has 4 aliphatic rings. The zero-order valence-corrected chi connectivity index (χ0v) is 42.6. The second kappa shape index (κ2) is 23.3. The second-order valence-corrected chi connectivity index (χ2v) is 19.5. The van der Waals surface area contributed by atoms with Crippen LogP contribution in [0.15, 0.2) is 46.2 Å². The largest absolute Gasteiger partial charge is 0.463 e. The van der Waals surface area contributed by atoms with Gasteiger partial charge in [-0.1, -0.05) is 0 Å². The normalized spacial score (nSPS) is 26.4. The predicted octanol–water partition coefficient (Wildman–Crippen LogP) is -1.09. The van der Waals surface area contributed by atoms with Crippen LogP contribution in [0.1, 0.15) is 96.8 Å². The molecule has 2 aromatic rings. The van der Waals surface area contributed by atoms with Crippen molar-refractivity contribution >= 4 is 92.5 Å². The van der Waals surface area contributed by atoms with Crippen molar-refractivity contribution in [2.45, 2.75) is 126 Å². The number of rotatable bonds is 16. The number of nitrogens with one attached hydrogen (secondary N) is 2. The Hall–Kier alpha value is -8.31. The summed E-state index contributed by atoms with van der Waals surface area (Å²) < 4.78 is 81.8. The Morgan fingerprint density at radius 3 is 1.03 bits per heavy atom. The molecule has 28 nitrogen and oxygen atoms in total. The van der Waals surface area contributed by atoms with Crippen molar-refractivity contribution in [1.29, 1.82) is 0 Å². The van der Waals surface area contributed by atoms with E-state index < -0.39 is 211 Å². The molecule has 2 amide bonds. The van der Waals surface area contributed by atoms with Crippen molar-refractivity contribution in [2.75, 3.05) is 13.2 Å². The van der Waals surface area contributed by atoms with E-state index in [1.807, 2.05) is 0 Å². The molecule has 2 unspecified atom stereocenters. The summed E-state index contributed by atoms with van der Waals surface area (Å²) in [5, 5.41) is 4.57. The van der Waals surface area contributed by atoms with Crippen LogP contribution >= 0.6 is 0 Å². The van der Waals surface area contributed by atoms with Gasteiger partial charge in [0, 0.05) is 77.6 Å². The average molecular weight is 1100 g/mol. The monoisotopic (exact) mass is 1100 g/mol. The van der Waals surface area contributed by atoms with Crippen molar-refractivity contribution in [3.8, 4) is 0 Å². The van der Waals surface area contributed by atoms with Gasteiger partial charge in [0.1, 0.15) is 37.5 Å². The number of Topliss-reactive ketones (excluding diaryl/α,β-unsaturated/α-hetero) is 4. The molecule has 2 aliphatic carbocycles. The van der Waals surface area contributed by atoms with Gasteiger partial charge in [-0.3, -0.25) is 67.1 Å². The Bertz CT molecular complexity index is 2810. The zero-order chi connectivity index (χ0) is 57.1. The lowest BCUT2D eigenvalue weighted by atomic mass is 9.94. The van der Waals surface area contributed by atoms with Crippen molar-refractivity contribution in [3.63, 3.8) is 0 Å². The number of hydrogen-bond donors (Lipinski definition) is 2. The van der Waals surface area contributed by atoms with Crippen LogP contribution in [0, 0.1) is 11.8 Å². The first-order chi connectivity index (χ1) is 36.0.